The molecule has 2 N–H and O–H groups in total. The van der Waals surface area contributed by atoms with E-state index in [1.807, 2.05) is 0 Å². The summed E-state index contributed by atoms with van der Waals surface area (Å²) in [5.41, 5.74) is -0.341. The smallest absolute Gasteiger partial charge is 0.257 e. The Bertz CT molecular complexity index is 695. The van der Waals surface area contributed by atoms with E-state index in [1.54, 1.807) is 0 Å². The first-order valence-corrected chi connectivity index (χ1v) is 6.03. The topological polar surface area (TPSA) is 79.7 Å². The van der Waals surface area contributed by atoms with Crippen molar-refractivity contribution in [3.63, 3.8) is 0 Å². The molecule has 0 fully saturated rings. The fraction of sp³-hybridized carbons (Fsp3) is 0. The van der Waals surface area contributed by atoms with Crippen LogP contribution in [0.5, 0.6) is 0 Å². The number of rotatable bonds is 3. The normalized spacial score (nSPS) is 10.8. The molecule has 5 nitrogen and oxygen atoms in total. The third kappa shape index (κ3) is 3.53. The number of hydrogen-bond donors (Lipinski definition) is 2. The van der Waals surface area contributed by atoms with Crippen LogP contribution in [0.2, 0.25) is 5.02 Å². The fourth-order valence-electron chi connectivity index (χ4n) is 1.60. The molecule has 0 aliphatic rings. The summed E-state index contributed by atoms with van der Waals surface area (Å²) >= 11 is 5.81. The molecule has 0 saturated carbocycles. The van der Waals surface area contributed by atoms with Crippen LogP contribution in [0.15, 0.2) is 36.4 Å². The van der Waals surface area contributed by atoms with Gasteiger partial charge in [0.05, 0.1) is 10.6 Å². The van der Waals surface area contributed by atoms with Crippen LogP contribution in [-0.4, -0.2) is 5.91 Å². The molecule has 1 amide bonds. The lowest BCUT2D eigenvalue weighted by atomic mass is 10.2. The Kier molecular flexibility index (Phi) is 4.49. The lowest BCUT2D eigenvalue weighted by molar-refractivity contribution is -0.715. The molecule has 21 heavy (non-hydrogen) atoms. The van der Waals surface area contributed by atoms with Gasteiger partial charge in [0.25, 0.3) is 5.91 Å². The number of benzene rings is 2. The van der Waals surface area contributed by atoms with Gasteiger partial charge in [0.2, 0.25) is 0 Å². The van der Waals surface area contributed by atoms with Crippen molar-refractivity contribution in [1.29, 1.82) is 0 Å². The third-order valence-electron chi connectivity index (χ3n) is 2.62. The van der Waals surface area contributed by atoms with Crippen molar-refractivity contribution in [3.8, 4) is 0 Å². The van der Waals surface area contributed by atoms with Gasteiger partial charge in [0.1, 0.15) is 5.69 Å². The summed E-state index contributed by atoms with van der Waals surface area (Å²) < 4.78 is 25.8. The van der Waals surface area contributed by atoms with Gasteiger partial charge < -0.3 is 21.0 Å². The predicted molar refractivity (Wildman–Crippen MR) is 73.1 cm³/mol. The highest BCUT2D eigenvalue weighted by Crippen LogP contribution is 2.21. The predicted octanol–water partition coefficient (Wildman–Crippen LogP) is 2.38. The minimum Gasteiger partial charge on any atom is -0.628 e. The van der Waals surface area contributed by atoms with Crippen LogP contribution in [0, 0.1) is 22.0 Å². The van der Waals surface area contributed by atoms with E-state index in [-0.39, 0.29) is 22.0 Å². The molecule has 0 aromatic heterocycles. The minimum atomic E-state index is -1.46. The maximum Gasteiger partial charge on any atom is 0.257 e. The van der Waals surface area contributed by atoms with Gasteiger partial charge in [-0.3, -0.25) is 4.79 Å². The molecule has 2 aromatic rings. The number of nitrogens with one attached hydrogen (secondary N) is 2. The minimum absolute atomic E-state index is 0.00817. The summed E-state index contributed by atoms with van der Waals surface area (Å²) in [5.74, 6) is -2.93. The number of halogens is 3. The van der Waals surface area contributed by atoms with Crippen LogP contribution in [0.3, 0.4) is 0 Å². The third-order valence-corrected chi connectivity index (χ3v) is 2.95. The molecule has 8 heteroatoms. The molecule has 110 valence electrons. The molecule has 2 rings (SSSR count). The van der Waals surface area contributed by atoms with Crippen LogP contribution in [-0.2, 0) is 0 Å². The molecule has 0 unspecified atom stereocenters. The van der Waals surface area contributed by atoms with Crippen molar-refractivity contribution >= 4 is 28.9 Å². The van der Waals surface area contributed by atoms with Gasteiger partial charge in [0.15, 0.2) is 11.6 Å². The number of carbonyl (C=O) groups is 1. The van der Waals surface area contributed by atoms with E-state index in [0.29, 0.717) is 0 Å². The second-order valence-electron chi connectivity index (χ2n) is 4.07. The Labute approximate surface area is 122 Å². The molecule has 0 bridgehead atoms. The second-order valence-corrected chi connectivity index (χ2v) is 4.47. The van der Waals surface area contributed by atoms with E-state index in [2.05, 4.69) is 5.32 Å². The molecular weight excluding hydrogens is 306 g/mol. The molecule has 2 aromatic carbocycles. The molecule has 0 spiro atoms. The number of anilines is 1. The van der Waals surface area contributed by atoms with Gasteiger partial charge >= 0.3 is 0 Å². The van der Waals surface area contributed by atoms with E-state index in [4.69, 9.17) is 11.6 Å². The van der Waals surface area contributed by atoms with Crippen LogP contribution in [0.25, 0.3) is 0 Å². The van der Waals surface area contributed by atoms with Crippen molar-refractivity contribution in [2.75, 3.05) is 5.32 Å². The van der Waals surface area contributed by atoms with Gasteiger partial charge in [-0.25, -0.2) is 8.78 Å². The number of hydrogen-bond acceptors (Lipinski definition) is 3. The standard InChI is InChI=1S/C13H8ClF2N2O3/c14-10-3-2-8(18(20)21)6-9(10)13(19)17-7-1-4-11(15)12(16)5-7/h1-6,18H,(H,17,19)/q-1. The molecule has 0 aliphatic carbocycles. The van der Waals surface area contributed by atoms with Crippen LogP contribution in [0.4, 0.5) is 20.2 Å². The van der Waals surface area contributed by atoms with Crippen molar-refractivity contribution in [3.05, 3.63) is 69.0 Å². The van der Waals surface area contributed by atoms with Crippen molar-refractivity contribution in [2.45, 2.75) is 0 Å². The van der Waals surface area contributed by atoms with Gasteiger partial charge in [-0.2, -0.15) is 0 Å². The van der Waals surface area contributed by atoms with Gasteiger partial charge in [-0.05, 0) is 18.2 Å². The van der Waals surface area contributed by atoms with Gasteiger partial charge in [0, 0.05) is 23.9 Å². The molecule has 0 radical (unpaired) electrons. The Morgan fingerprint density at radius 3 is 2.43 bits per heavy atom. The summed E-state index contributed by atoms with van der Waals surface area (Å²) in [7, 11) is 0. The average molecular weight is 314 g/mol. The average Bonchev–Trinajstić information content (AvgIpc) is 2.43. The molecule has 0 heterocycles. The largest absolute Gasteiger partial charge is 0.628 e. The van der Waals surface area contributed by atoms with Crippen molar-refractivity contribution in [1.82, 2.24) is 0 Å². The first-order chi connectivity index (χ1) is 9.88. The maximum absolute atomic E-state index is 13.0. The Balaban J connectivity index is 2.27. The zero-order chi connectivity index (χ0) is 15.6. The summed E-state index contributed by atoms with van der Waals surface area (Å²) in [6.45, 7) is 0. The maximum atomic E-state index is 13.0. The van der Waals surface area contributed by atoms with Crippen LogP contribution in [0.1, 0.15) is 10.4 Å². The lowest BCUT2D eigenvalue weighted by Crippen LogP contribution is -2.96. The summed E-state index contributed by atoms with van der Waals surface area (Å²) in [6.07, 6.45) is 0. The van der Waals surface area contributed by atoms with Crippen LogP contribution < -0.4 is 10.5 Å². The highest BCUT2D eigenvalue weighted by molar-refractivity contribution is 6.34. The summed E-state index contributed by atoms with van der Waals surface area (Å²) in [4.78, 5) is 12.0. The van der Waals surface area contributed by atoms with Gasteiger partial charge in [-0.1, -0.05) is 11.6 Å². The monoisotopic (exact) mass is 313 g/mol. The first kappa shape index (κ1) is 15.3. The van der Waals surface area contributed by atoms with Crippen molar-refractivity contribution in [2.24, 2.45) is 0 Å². The summed E-state index contributed by atoms with van der Waals surface area (Å²) in [6, 6.07) is 6.26. The zero-order valence-corrected chi connectivity index (χ0v) is 11.1. The van der Waals surface area contributed by atoms with Crippen LogP contribution >= 0.6 is 11.6 Å². The molecular formula is C13H8ClF2N2O3-. The second kappa shape index (κ2) is 6.15. The molecule has 0 aliphatic heterocycles. The van der Waals surface area contributed by atoms with Crippen molar-refractivity contribution < 1.29 is 18.8 Å². The molecule has 0 saturated heterocycles. The first-order valence-electron chi connectivity index (χ1n) is 5.66. The highest BCUT2D eigenvalue weighted by atomic mass is 35.5. The number of quaternary nitrogens is 1. The Morgan fingerprint density at radius 1 is 1.10 bits per heavy atom. The number of carbonyl (C=O) groups excluding carboxylic acids is 1. The Hall–Kier alpha value is -2.06. The van der Waals surface area contributed by atoms with E-state index < -0.39 is 22.8 Å². The van der Waals surface area contributed by atoms with E-state index in [9.17, 15) is 24.0 Å². The number of amides is 1. The molecule has 0 atom stereocenters. The van der Waals surface area contributed by atoms with E-state index in [0.717, 1.165) is 24.3 Å². The summed E-state index contributed by atoms with van der Waals surface area (Å²) in [5, 5.41) is 22.3. The quantitative estimate of drug-likeness (QED) is 0.854. The lowest BCUT2D eigenvalue weighted by Gasteiger charge is -2.25. The highest BCUT2D eigenvalue weighted by Gasteiger charge is 2.14. The fourth-order valence-corrected chi connectivity index (χ4v) is 1.80. The van der Waals surface area contributed by atoms with Gasteiger partial charge in [-0.15, -0.1) is 0 Å². The van der Waals surface area contributed by atoms with E-state index >= 15 is 0 Å². The van der Waals surface area contributed by atoms with E-state index in [1.165, 1.54) is 12.1 Å². The SMILES string of the molecule is O=C(Nc1ccc(F)c(F)c1)c1cc([NH+]([O-])[O-])ccc1Cl. The Morgan fingerprint density at radius 2 is 1.81 bits per heavy atom. The zero-order valence-electron chi connectivity index (χ0n) is 10.3.